The molecule has 96 valence electrons. The highest BCUT2D eigenvalue weighted by molar-refractivity contribution is 7.80. The van der Waals surface area contributed by atoms with Crippen molar-refractivity contribution in [1.82, 2.24) is 0 Å². The summed E-state index contributed by atoms with van der Waals surface area (Å²) in [7, 11) is 0.234. The first-order valence-corrected chi connectivity index (χ1v) is 5.69. The molecule has 0 rings (SSSR count). The van der Waals surface area contributed by atoms with Crippen LogP contribution in [0, 0.1) is 0 Å². The average molecular weight is 257 g/mol. The van der Waals surface area contributed by atoms with Crippen LogP contribution in [0.25, 0.3) is 0 Å². The van der Waals surface area contributed by atoms with Gasteiger partial charge in [0.05, 0.1) is 27.6 Å². The van der Waals surface area contributed by atoms with Crippen LogP contribution < -0.4 is 5.73 Å². The highest BCUT2D eigenvalue weighted by Gasteiger charge is 2.39. The molecule has 0 saturated carbocycles. The van der Waals surface area contributed by atoms with Gasteiger partial charge in [0, 0.05) is 0 Å². The van der Waals surface area contributed by atoms with Crippen molar-refractivity contribution in [2.24, 2.45) is 5.73 Å². The lowest BCUT2D eigenvalue weighted by molar-refractivity contribution is -0.876. The van der Waals surface area contributed by atoms with Crippen LogP contribution in [-0.2, 0) is 19.4 Å². The first-order valence-electron chi connectivity index (χ1n) is 4.32. The molecule has 0 spiro atoms. The minimum absolute atomic E-state index is 0.0981. The molecule has 0 aliphatic carbocycles. The van der Waals surface area contributed by atoms with Gasteiger partial charge < -0.3 is 9.59 Å². The van der Waals surface area contributed by atoms with Crippen LogP contribution in [0.3, 0.4) is 0 Å². The molecule has 9 heteroatoms. The second-order valence-corrected chi connectivity index (χ2v) is 5.62. The summed E-state index contributed by atoms with van der Waals surface area (Å²) in [6.45, 7) is -0.0981. The van der Waals surface area contributed by atoms with E-state index >= 15 is 0 Å². The van der Waals surface area contributed by atoms with E-state index in [4.69, 9.17) is 15.4 Å². The first-order chi connectivity index (χ1) is 6.83. The van der Waals surface area contributed by atoms with Crippen LogP contribution in [0.5, 0.6) is 0 Å². The van der Waals surface area contributed by atoms with Gasteiger partial charge in [0.15, 0.2) is 5.72 Å². The fourth-order valence-electron chi connectivity index (χ4n) is 1.38. The van der Waals surface area contributed by atoms with Crippen molar-refractivity contribution >= 4 is 16.4 Å². The lowest BCUT2D eigenvalue weighted by Crippen LogP contribution is -2.58. The quantitative estimate of drug-likeness (QED) is 0.304. The fourth-order valence-corrected chi connectivity index (χ4v) is 1.91. The van der Waals surface area contributed by atoms with Gasteiger partial charge in [-0.1, -0.05) is 0 Å². The number of carbonyl (C=O) groups is 1. The zero-order valence-corrected chi connectivity index (χ0v) is 10.2. The molecule has 0 saturated heterocycles. The molecule has 0 unspecified atom stereocenters. The fraction of sp³-hybridized carbons (Fsp3) is 0.857. The molecule has 0 heterocycles. The van der Waals surface area contributed by atoms with E-state index in [0.717, 1.165) is 0 Å². The van der Waals surface area contributed by atoms with Gasteiger partial charge in [-0.25, -0.2) is 4.18 Å². The second kappa shape index (κ2) is 4.63. The Morgan fingerprint density at radius 3 is 2.12 bits per heavy atom. The monoisotopic (exact) mass is 257 g/mol. The van der Waals surface area contributed by atoms with E-state index < -0.39 is 28.5 Å². The molecule has 1 atom stereocenters. The number of carboxylic acid groups (broad SMARTS) is 1. The number of nitrogens with zero attached hydrogens (tertiary/aromatic N) is 1. The molecule has 0 aromatic heterocycles. The van der Waals surface area contributed by atoms with Crippen molar-refractivity contribution in [3.05, 3.63) is 0 Å². The smallest absolute Gasteiger partial charge is 0.399 e. The molecular weight excluding hydrogens is 240 g/mol. The zero-order valence-electron chi connectivity index (χ0n) is 9.37. The third-order valence-electron chi connectivity index (χ3n) is 1.46. The zero-order chi connectivity index (χ0) is 13.2. The van der Waals surface area contributed by atoms with Crippen LogP contribution in [0.1, 0.15) is 6.42 Å². The molecule has 0 aromatic rings. The van der Waals surface area contributed by atoms with E-state index in [-0.39, 0.29) is 11.0 Å². The Morgan fingerprint density at radius 2 is 1.88 bits per heavy atom. The SMILES string of the molecule is C[N+](C)(C)C[C@](N)(CC(=O)O)OS(=O)(=O)O. The van der Waals surface area contributed by atoms with Crippen molar-refractivity contribution in [1.29, 1.82) is 0 Å². The van der Waals surface area contributed by atoms with Crippen LogP contribution in [0.4, 0.5) is 0 Å². The van der Waals surface area contributed by atoms with Crippen LogP contribution in [-0.4, -0.2) is 61.9 Å². The molecule has 0 fully saturated rings. The molecule has 0 aromatic carbocycles. The summed E-state index contributed by atoms with van der Waals surface area (Å²) in [5, 5.41) is 8.60. The Bertz CT molecular complexity index is 360. The van der Waals surface area contributed by atoms with Crippen molar-refractivity contribution in [2.75, 3.05) is 27.7 Å². The van der Waals surface area contributed by atoms with Crippen LogP contribution >= 0.6 is 0 Å². The van der Waals surface area contributed by atoms with Crippen molar-refractivity contribution in [3.63, 3.8) is 0 Å². The van der Waals surface area contributed by atoms with Gasteiger partial charge in [0.1, 0.15) is 6.54 Å². The Kier molecular flexibility index (Phi) is 4.42. The van der Waals surface area contributed by atoms with Crippen LogP contribution in [0.2, 0.25) is 0 Å². The van der Waals surface area contributed by atoms with Crippen molar-refractivity contribution < 1.29 is 31.5 Å². The summed E-state index contributed by atoms with van der Waals surface area (Å²) in [5.74, 6) is -1.32. The van der Waals surface area contributed by atoms with E-state index in [0.29, 0.717) is 0 Å². The summed E-state index contributed by atoms with van der Waals surface area (Å²) >= 11 is 0. The van der Waals surface area contributed by atoms with Gasteiger partial charge >= 0.3 is 16.4 Å². The Morgan fingerprint density at radius 1 is 1.44 bits per heavy atom. The Hall–Kier alpha value is -0.740. The van der Waals surface area contributed by atoms with Gasteiger partial charge in [0.2, 0.25) is 0 Å². The third kappa shape index (κ3) is 7.54. The molecule has 16 heavy (non-hydrogen) atoms. The number of quaternary nitrogens is 1. The van der Waals surface area contributed by atoms with Gasteiger partial charge in [-0.15, -0.1) is 0 Å². The lowest BCUT2D eigenvalue weighted by Gasteiger charge is -2.33. The number of hydrogen-bond donors (Lipinski definition) is 3. The Balaban J connectivity index is 4.96. The molecule has 0 radical (unpaired) electrons. The molecule has 4 N–H and O–H groups in total. The number of hydrogen-bond acceptors (Lipinski definition) is 5. The lowest BCUT2D eigenvalue weighted by atomic mass is 10.1. The van der Waals surface area contributed by atoms with Crippen molar-refractivity contribution in [2.45, 2.75) is 12.1 Å². The molecular formula is C7H17N2O6S+. The average Bonchev–Trinajstić information content (AvgIpc) is 1.69. The summed E-state index contributed by atoms with van der Waals surface area (Å²) in [5.41, 5.74) is 3.54. The normalized spacial score (nSPS) is 16.8. The number of aliphatic carboxylic acids is 1. The molecule has 0 amide bonds. The maximum Gasteiger partial charge on any atom is 0.399 e. The largest absolute Gasteiger partial charge is 0.481 e. The van der Waals surface area contributed by atoms with Gasteiger partial charge in [-0.05, 0) is 0 Å². The summed E-state index contributed by atoms with van der Waals surface area (Å²) in [6, 6.07) is 0. The third-order valence-corrected chi connectivity index (χ3v) is 2.01. The highest BCUT2D eigenvalue weighted by atomic mass is 32.3. The van der Waals surface area contributed by atoms with Crippen LogP contribution in [0.15, 0.2) is 0 Å². The minimum Gasteiger partial charge on any atom is -0.481 e. The summed E-state index contributed by atoms with van der Waals surface area (Å²) in [6.07, 6.45) is -0.734. The van der Waals surface area contributed by atoms with E-state index in [1.807, 2.05) is 0 Å². The second-order valence-electron chi connectivity index (χ2n) is 4.59. The number of carboxylic acids is 1. The van der Waals surface area contributed by atoms with Gasteiger partial charge in [0.25, 0.3) is 0 Å². The molecule has 0 bridgehead atoms. The summed E-state index contributed by atoms with van der Waals surface area (Å²) in [4.78, 5) is 10.5. The maximum absolute atomic E-state index is 10.6. The maximum atomic E-state index is 10.6. The van der Waals surface area contributed by atoms with E-state index in [2.05, 4.69) is 4.18 Å². The number of nitrogens with two attached hydrogens (primary N) is 1. The van der Waals surface area contributed by atoms with Gasteiger partial charge in [-0.3, -0.25) is 15.1 Å². The number of rotatable bonds is 6. The highest BCUT2D eigenvalue weighted by Crippen LogP contribution is 2.15. The minimum atomic E-state index is -4.80. The Labute approximate surface area is 94.1 Å². The van der Waals surface area contributed by atoms with E-state index in [1.54, 1.807) is 21.1 Å². The van der Waals surface area contributed by atoms with E-state index in [9.17, 15) is 13.2 Å². The number of likely N-dealkylation sites (N-methyl/N-ethyl adjacent to an activating group) is 1. The predicted octanol–water partition coefficient (Wildman–Crippen LogP) is -1.36. The van der Waals surface area contributed by atoms with E-state index in [1.165, 1.54) is 0 Å². The topological polar surface area (TPSA) is 127 Å². The predicted molar refractivity (Wildman–Crippen MR) is 54.7 cm³/mol. The first kappa shape index (κ1) is 15.3. The summed E-state index contributed by atoms with van der Waals surface area (Å²) < 4.78 is 34.1. The molecule has 0 aliphatic heterocycles. The molecule has 8 nitrogen and oxygen atoms in total. The van der Waals surface area contributed by atoms with Crippen molar-refractivity contribution in [3.8, 4) is 0 Å². The molecule has 0 aliphatic rings. The van der Waals surface area contributed by atoms with Gasteiger partial charge in [-0.2, -0.15) is 8.42 Å². The standard InChI is InChI=1S/C7H16N2O6S/c1-9(2,3)5-7(8,4-6(10)11)15-16(12,13)14/h4-5,8H2,1-3H3,(H-,10,11,12,13,14)/p+1/t7-/m0/s1.